The van der Waals surface area contributed by atoms with Crippen LogP contribution in [0.15, 0.2) is 24.3 Å². The fourth-order valence-electron chi connectivity index (χ4n) is 3.03. The minimum absolute atomic E-state index is 0.314. The van der Waals surface area contributed by atoms with Gasteiger partial charge in [-0.1, -0.05) is 17.7 Å². The summed E-state index contributed by atoms with van der Waals surface area (Å²) in [4.78, 5) is 46.6. The molecule has 1 saturated heterocycles. The van der Waals surface area contributed by atoms with Crippen molar-refractivity contribution in [1.29, 1.82) is 0 Å². The summed E-state index contributed by atoms with van der Waals surface area (Å²) in [5.41, 5.74) is 0.994. The average molecular weight is 438 g/mol. The molecule has 1 aromatic carbocycles. The van der Waals surface area contributed by atoms with Gasteiger partial charge in [0, 0.05) is 27.7 Å². The molecule has 0 N–H and O–H groups in total. The average Bonchev–Trinajstić information content (AvgIpc) is 2.65. The molecule has 0 aromatic heterocycles. The topological polar surface area (TPSA) is 124 Å². The van der Waals surface area contributed by atoms with Crippen molar-refractivity contribution in [1.82, 2.24) is 0 Å². The van der Waals surface area contributed by atoms with E-state index in [-0.39, 0.29) is 6.61 Å². The quantitative estimate of drug-likeness (QED) is 0.456. The summed E-state index contributed by atoms with van der Waals surface area (Å²) in [6, 6.07) is 6.98. The largest absolute Gasteiger partial charge is 0.463 e. The van der Waals surface area contributed by atoms with Gasteiger partial charge in [-0.2, -0.15) is 0 Å². The van der Waals surface area contributed by atoms with Crippen LogP contribution in [0.2, 0.25) is 0 Å². The van der Waals surface area contributed by atoms with Crippen molar-refractivity contribution in [3.05, 3.63) is 29.8 Å². The lowest BCUT2D eigenvalue weighted by atomic mass is 9.98. The van der Waals surface area contributed by atoms with E-state index < -0.39 is 54.6 Å². The molecule has 0 radical (unpaired) electrons. The highest BCUT2D eigenvalue weighted by molar-refractivity contribution is 5.68. The molecule has 0 saturated carbocycles. The molecule has 2 rings (SSSR count). The SMILES string of the molecule is CC(=O)OCC1OC(Oc2ccc(C)cc2)C(OC(C)=O)C(OC(C)=O)C1OC(C)=O. The summed E-state index contributed by atoms with van der Waals surface area (Å²) in [6.07, 6.45) is -6.05. The molecular weight excluding hydrogens is 412 g/mol. The Hall–Kier alpha value is -3.14. The number of esters is 4. The molecule has 1 aliphatic rings. The number of ether oxygens (including phenoxy) is 6. The van der Waals surface area contributed by atoms with E-state index in [0.29, 0.717) is 5.75 Å². The number of carbonyl (C=O) groups excluding carboxylic acids is 4. The number of hydrogen-bond donors (Lipinski definition) is 0. The Morgan fingerprint density at radius 3 is 1.81 bits per heavy atom. The Bertz CT molecular complexity index is 803. The molecule has 31 heavy (non-hydrogen) atoms. The summed E-state index contributed by atoms with van der Waals surface area (Å²) < 4.78 is 32.7. The van der Waals surface area contributed by atoms with Crippen molar-refractivity contribution in [3.63, 3.8) is 0 Å². The first kappa shape index (κ1) is 24.1. The fourth-order valence-corrected chi connectivity index (χ4v) is 3.03. The maximum absolute atomic E-state index is 11.8. The highest BCUT2D eigenvalue weighted by Gasteiger charge is 2.53. The van der Waals surface area contributed by atoms with Gasteiger partial charge in [0.25, 0.3) is 0 Å². The zero-order chi connectivity index (χ0) is 23.1. The second-order valence-corrected chi connectivity index (χ2v) is 7.00. The standard InChI is InChI=1S/C21H26O10/c1-11-6-8-16(9-7-11)30-21-20(29-15(5)25)19(28-14(4)24)18(27-13(3)23)17(31-21)10-26-12(2)22/h6-9,17-21H,10H2,1-5H3. The third kappa shape index (κ3) is 7.25. The van der Waals surface area contributed by atoms with Crippen LogP contribution in [0.1, 0.15) is 33.3 Å². The molecule has 0 aliphatic carbocycles. The summed E-state index contributed by atoms with van der Waals surface area (Å²) in [5.74, 6) is -2.29. The smallest absolute Gasteiger partial charge is 0.303 e. The van der Waals surface area contributed by atoms with E-state index in [1.54, 1.807) is 24.3 Å². The van der Waals surface area contributed by atoms with Crippen LogP contribution in [-0.4, -0.2) is 61.2 Å². The van der Waals surface area contributed by atoms with E-state index in [2.05, 4.69) is 0 Å². The Morgan fingerprint density at radius 1 is 0.774 bits per heavy atom. The van der Waals surface area contributed by atoms with Crippen molar-refractivity contribution in [3.8, 4) is 5.75 Å². The van der Waals surface area contributed by atoms with Gasteiger partial charge in [0.1, 0.15) is 18.5 Å². The monoisotopic (exact) mass is 438 g/mol. The molecule has 1 fully saturated rings. The Balaban J connectivity index is 2.43. The Morgan fingerprint density at radius 2 is 1.29 bits per heavy atom. The van der Waals surface area contributed by atoms with Gasteiger partial charge in [0.05, 0.1) is 0 Å². The lowest BCUT2D eigenvalue weighted by Crippen LogP contribution is -2.63. The zero-order valence-electron chi connectivity index (χ0n) is 18.0. The second-order valence-electron chi connectivity index (χ2n) is 7.00. The third-order valence-electron chi connectivity index (χ3n) is 4.22. The minimum Gasteiger partial charge on any atom is -0.463 e. The molecule has 10 heteroatoms. The summed E-state index contributed by atoms with van der Waals surface area (Å²) in [6.45, 7) is 6.27. The zero-order valence-corrected chi connectivity index (χ0v) is 18.0. The van der Waals surface area contributed by atoms with Gasteiger partial charge in [0.15, 0.2) is 12.2 Å². The van der Waals surface area contributed by atoms with E-state index >= 15 is 0 Å². The number of aryl methyl sites for hydroxylation is 1. The summed E-state index contributed by atoms with van der Waals surface area (Å²) in [5, 5.41) is 0. The summed E-state index contributed by atoms with van der Waals surface area (Å²) in [7, 11) is 0. The lowest BCUT2D eigenvalue weighted by Gasteiger charge is -2.43. The van der Waals surface area contributed by atoms with Crippen LogP contribution in [-0.2, 0) is 42.9 Å². The van der Waals surface area contributed by atoms with Gasteiger partial charge in [0.2, 0.25) is 12.4 Å². The van der Waals surface area contributed by atoms with Crippen LogP contribution in [0, 0.1) is 6.92 Å². The first-order valence-corrected chi connectivity index (χ1v) is 9.60. The highest BCUT2D eigenvalue weighted by atomic mass is 16.7. The summed E-state index contributed by atoms with van der Waals surface area (Å²) >= 11 is 0. The molecule has 10 nitrogen and oxygen atoms in total. The molecule has 1 aromatic rings. The first-order chi connectivity index (χ1) is 14.6. The maximum atomic E-state index is 11.8. The van der Waals surface area contributed by atoms with Gasteiger partial charge in [-0.25, -0.2) is 0 Å². The number of hydrogen-bond acceptors (Lipinski definition) is 10. The predicted molar refractivity (Wildman–Crippen MR) is 104 cm³/mol. The van der Waals surface area contributed by atoms with Crippen LogP contribution in [0.3, 0.4) is 0 Å². The molecule has 0 bridgehead atoms. The van der Waals surface area contributed by atoms with Gasteiger partial charge in [-0.15, -0.1) is 0 Å². The van der Waals surface area contributed by atoms with E-state index in [4.69, 9.17) is 28.4 Å². The van der Waals surface area contributed by atoms with Crippen LogP contribution in [0.5, 0.6) is 5.75 Å². The van der Waals surface area contributed by atoms with E-state index in [1.165, 1.54) is 13.8 Å². The van der Waals surface area contributed by atoms with Crippen molar-refractivity contribution in [2.75, 3.05) is 6.61 Å². The normalized spacial score (nSPS) is 25.1. The van der Waals surface area contributed by atoms with E-state index in [0.717, 1.165) is 19.4 Å². The molecule has 170 valence electrons. The van der Waals surface area contributed by atoms with Crippen molar-refractivity contribution >= 4 is 23.9 Å². The van der Waals surface area contributed by atoms with E-state index in [1.807, 2.05) is 6.92 Å². The van der Waals surface area contributed by atoms with Gasteiger partial charge in [-0.05, 0) is 19.1 Å². The second kappa shape index (κ2) is 10.8. The number of carbonyl (C=O) groups is 4. The maximum Gasteiger partial charge on any atom is 0.303 e. The van der Waals surface area contributed by atoms with E-state index in [9.17, 15) is 19.2 Å². The first-order valence-electron chi connectivity index (χ1n) is 9.60. The lowest BCUT2D eigenvalue weighted by molar-refractivity contribution is -0.288. The fraction of sp³-hybridized carbons (Fsp3) is 0.524. The predicted octanol–water partition coefficient (Wildman–Crippen LogP) is 1.46. The molecule has 1 aliphatic heterocycles. The molecular formula is C21H26O10. The Kier molecular flexibility index (Phi) is 8.38. The molecule has 1 heterocycles. The van der Waals surface area contributed by atoms with Crippen LogP contribution in [0.4, 0.5) is 0 Å². The van der Waals surface area contributed by atoms with Gasteiger partial charge in [-0.3, -0.25) is 19.2 Å². The van der Waals surface area contributed by atoms with Crippen LogP contribution >= 0.6 is 0 Å². The minimum atomic E-state index is -1.27. The molecule has 5 unspecified atom stereocenters. The van der Waals surface area contributed by atoms with Crippen molar-refractivity contribution in [2.24, 2.45) is 0 Å². The highest BCUT2D eigenvalue weighted by Crippen LogP contribution is 2.31. The van der Waals surface area contributed by atoms with Crippen LogP contribution in [0.25, 0.3) is 0 Å². The van der Waals surface area contributed by atoms with Crippen molar-refractivity contribution in [2.45, 2.75) is 65.3 Å². The number of rotatable bonds is 7. The van der Waals surface area contributed by atoms with Gasteiger partial charge < -0.3 is 28.4 Å². The Labute approximate surface area is 179 Å². The third-order valence-corrected chi connectivity index (χ3v) is 4.22. The van der Waals surface area contributed by atoms with Gasteiger partial charge >= 0.3 is 23.9 Å². The van der Waals surface area contributed by atoms with Crippen LogP contribution < -0.4 is 4.74 Å². The number of benzene rings is 1. The molecule has 0 spiro atoms. The van der Waals surface area contributed by atoms with Crippen molar-refractivity contribution < 1.29 is 47.6 Å². The molecule has 0 amide bonds. The molecule has 5 atom stereocenters.